The molecule has 0 aliphatic heterocycles. The summed E-state index contributed by atoms with van der Waals surface area (Å²) in [5.41, 5.74) is 2.14. The summed E-state index contributed by atoms with van der Waals surface area (Å²) in [6, 6.07) is 25.0. The molecule has 0 radical (unpaired) electrons. The molecule has 0 aliphatic carbocycles. The average Bonchev–Trinajstić information content (AvgIpc) is 2.80. The molecule has 0 aliphatic rings. The molecule has 0 bridgehead atoms. The summed E-state index contributed by atoms with van der Waals surface area (Å²) in [5, 5.41) is 5.44. The Kier molecular flexibility index (Phi) is 7.54. The summed E-state index contributed by atoms with van der Waals surface area (Å²) in [7, 11) is 0. The maximum atomic E-state index is 12.6. The highest BCUT2D eigenvalue weighted by Gasteiger charge is 2.21. The lowest BCUT2D eigenvalue weighted by Crippen LogP contribution is -2.25. The highest BCUT2D eigenvalue weighted by molar-refractivity contribution is 6.10. The van der Waals surface area contributed by atoms with Gasteiger partial charge in [0.05, 0.1) is 17.2 Å². The number of carbonyl (C=O) groups excluding carboxylic acids is 3. The van der Waals surface area contributed by atoms with Crippen molar-refractivity contribution in [1.29, 1.82) is 0 Å². The smallest absolute Gasteiger partial charge is 0.313 e. The Bertz CT molecular complexity index is 1040. The molecular formula is C25H24N2O4. The van der Waals surface area contributed by atoms with Crippen LogP contribution in [0.3, 0.4) is 0 Å². The molecule has 0 saturated carbocycles. The molecule has 2 amide bonds. The number of benzene rings is 3. The number of rotatable bonds is 8. The third kappa shape index (κ3) is 6.02. The number of hydrogen-bond acceptors (Lipinski definition) is 4. The van der Waals surface area contributed by atoms with Crippen molar-refractivity contribution < 1.29 is 19.1 Å². The van der Waals surface area contributed by atoms with Crippen LogP contribution in [0, 0.1) is 0 Å². The van der Waals surface area contributed by atoms with Gasteiger partial charge in [-0.25, -0.2) is 0 Å². The van der Waals surface area contributed by atoms with Crippen LogP contribution in [-0.2, 0) is 14.3 Å². The molecule has 158 valence electrons. The van der Waals surface area contributed by atoms with Gasteiger partial charge in [0.25, 0.3) is 11.8 Å². The van der Waals surface area contributed by atoms with Crippen LogP contribution >= 0.6 is 0 Å². The predicted molar refractivity (Wildman–Crippen MR) is 120 cm³/mol. The number of esters is 1. The van der Waals surface area contributed by atoms with E-state index in [2.05, 4.69) is 10.6 Å². The molecule has 3 aromatic rings. The number of carbonyl (C=O) groups is 3. The van der Waals surface area contributed by atoms with E-state index in [1.807, 2.05) is 55.5 Å². The molecule has 3 rings (SSSR count). The van der Waals surface area contributed by atoms with Gasteiger partial charge in [-0.3, -0.25) is 14.4 Å². The fourth-order valence-corrected chi connectivity index (χ4v) is 3.16. The molecule has 0 fully saturated rings. The van der Waals surface area contributed by atoms with Crippen molar-refractivity contribution >= 4 is 29.2 Å². The number of anilines is 2. The van der Waals surface area contributed by atoms with Gasteiger partial charge >= 0.3 is 5.97 Å². The van der Waals surface area contributed by atoms with Gasteiger partial charge in [-0.1, -0.05) is 67.6 Å². The number of amides is 2. The van der Waals surface area contributed by atoms with Gasteiger partial charge in [-0.05, 0) is 36.2 Å². The Balaban J connectivity index is 1.60. The van der Waals surface area contributed by atoms with Crippen molar-refractivity contribution in [3.63, 3.8) is 0 Å². The second-order valence-electron chi connectivity index (χ2n) is 6.89. The minimum atomic E-state index is -0.517. The Morgan fingerprint density at radius 3 is 2.10 bits per heavy atom. The Labute approximate surface area is 181 Å². The van der Waals surface area contributed by atoms with Gasteiger partial charge < -0.3 is 15.4 Å². The maximum absolute atomic E-state index is 12.6. The van der Waals surface area contributed by atoms with E-state index in [0.717, 1.165) is 5.56 Å². The topological polar surface area (TPSA) is 84.5 Å². The van der Waals surface area contributed by atoms with Crippen LogP contribution < -0.4 is 10.6 Å². The average molecular weight is 416 g/mol. The summed E-state index contributed by atoms with van der Waals surface area (Å²) in [5.74, 6) is -1.76. The minimum absolute atomic E-state index is 0.307. The van der Waals surface area contributed by atoms with Gasteiger partial charge in [0, 0.05) is 5.69 Å². The van der Waals surface area contributed by atoms with Gasteiger partial charge in [0.2, 0.25) is 0 Å². The van der Waals surface area contributed by atoms with Crippen molar-refractivity contribution in [3.05, 3.63) is 96.1 Å². The molecule has 31 heavy (non-hydrogen) atoms. The van der Waals surface area contributed by atoms with Gasteiger partial charge in [-0.2, -0.15) is 0 Å². The van der Waals surface area contributed by atoms with Crippen LogP contribution in [0.15, 0.2) is 84.9 Å². The summed E-state index contributed by atoms with van der Waals surface area (Å²) < 4.78 is 5.23. The lowest BCUT2D eigenvalue weighted by atomic mass is 9.97. The number of hydrogen-bond donors (Lipinski definition) is 2. The lowest BCUT2D eigenvalue weighted by molar-refractivity contribution is -0.149. The third-order valence-corrected chi connectivity index (χ3v) is 4.72. The van der Waals surface area contributed by atoms with E-state index >= 15 is 0 Å². The molecule has 6 nitrogen and oxygen atoms in total. The first-order valence-corrected chi connectivity index (χ1v) is 10.1. The minimum Gasteiger partial charge on any atom is -0.455 e. The molecule has 0 aromatic heterocycles. The van der Waals surface area contributed by atoms with Crippen LogP contribution in [0.5, 0.6) is 0 Å². The van der Waals surface area contributed by atoms with E-state index in [1.165, 1.54) is 0 Å². The monoisotopic (exact) mass is 416 g/mol. The summed E-state index contributed by atoms with van der Waals surface area (Å²) in [6.07, 6.45) is 0.562. The zero-order valence-corrected chi connectivity index (χ0v) is 17.2. The fraction of sp³-hybridized carbons (Fsp3) is 0.160. The largest absolute Gasteiger partial charge is 0.455 e. The molecule has 0 saturated heterocycles. The van der Waals surface area contributed by atoms with Crippen LogP contribution in [0.1, 0.15) is 35.2 Å². The van der Waals surface area contributed by atoms with Gasteiger partial charge in [0.15, 0.2) is 6.61 Å². The van der Waals surface area contributed by atoms with Crippen molar-refractivity contribution in [2.24, 2.45) is 0 Å². The quantitative estimate of drug-likeness (QED) is 0.525. The van der Waals surface area contributed by atoms with E-state index in [1.54, 1.807) is 36.4 Å². The molecular weight excluding hydrogens is 392 g/mol. The molecule has 0 spiro atoms. The SMILES string of the molecule is CC[C@@H](C(=O)OCC(=O)Nc1ccccc1C(=O)Nc1ccccc1)c1ccccc1. The van der Waals surface area contributed by atoms with Crippen LogP contribution in [-0.4, -0.2) is 24.4 Å². The molecule has 0 heterocycles. The molecule has 2 N–H and O–H groups in total. The Morgan fingerprint density at radius 2 is 1.42 bits per heavy atom. The van der Waals surface area contributed by atoms with E-state index < -0.39 is 24.4 Å². The van der Waals surface area contributed by atoms with Crippen molar-refractivity contribution in [2.45, 2.75) is 19.3 Å². The van der Waals surface area contributed by atoms with Gasteiger partial charge in [-0.15, -0.1) is 0 Å². The van der Waals surface area contributed by atoms with E-state index in [4.69, 9.17) is 4.74 Å². The summed E-state index contributed by atoms with van der Waals surface area (Å²) >= 11 is 0. The highest BCUT2D eigenvalue weighted by atomic mass is 16.5. The standard InChI is InChI=1S/C25H24N2O4/c1-2-20(18-11-5-3-6-12-18)25(30)31-17-23(28)27-22-16-10-9-15-21(22)24(29)26-19-13-7-4-8-14-19/h3-16,20H,2,17H2,1H3,(H,26,29)(H,27,28)/t20-/m1/s1. The number of nitrogens with one attached hydrogen (secondary N) is 2. The normalized spacial score (nSPS) is 11.3. The maximum Gasteiger partial charge on any atom is 0.313 e. The van der Waals surface area contributed by atoms with Crippen molar-refractivity contribution in [3.8, 4) is 0 Å². The molecule has 3 aromatic carbocycles. The number of para-hydroxylation sites is 2. The van der Waals surface area contributed by atoms with Crippen LogP contribution in [0.2, 0.25) is 0 Å². The third-order valence-electron chi connectivity index (χ3n) is 4.72. The molecule has 1 atom stereocenters. The van der Waals surface area contributed by atoms with E-state index in [0.29, 0.717) is 23.4 Å². The first-order chi connectivity index (χ1) is 15.1. The van der Waals surface area contributed by atoms with Crippen molar-refractivity contribution in [1.82, 2.24) is 0 Å². The second-order valence-corrected chi connectivity index (χ2v) is 6.89. The zero-order chi connectivity index (χ0) is 22.1. The lowest BCUT2D eigenvalue weighted by Gasteiger charge is -2.15. The predicted octanol–water partition coefficient (Wildman–Crippen LogP) is 4.61. The molecule has 0 unspecified atom stereocenters. The second kappa shape index (κ2) is 10.7. The van der Waals surface area contributed by atoms with E-state index in [-0.39, 0.29) is 5.91 Å². The van der Waals surface area contributed by atoms with Gasteiger partial charge in [0.1, 0.15) is 0 Å². The summed E-state index contributed by atoms with van der Waals surface area (Å²) in [6.45, 7) is 1.46. The summed E-state index contributed by atoms with van der Waals surface area (Å²) in [4.78, 5) is 37.4. The first kappa shape index (κ1) is 21.8. The van der Waals surface area contributed by atoms with Crippen LogP contribution in [0.4, 0.5) is 11.4 Å². The van der Waals surface area contributed by atoms with Crippen LogP contribution in [0.25, 0.3) is 0 Å². The zero-order valence-electron chi connectivity index (χ0n) is 17.2. The highest BCUT2D eigenvalue weighted by Crippen LogP contribution is 2.21. The van der Waals surface area contributed by atoms with E-state index in [9.17, 15) is 14.4 Å². The Hall–Kier alpha value is -3.93. The first-order valence-electron chi connectivity index (χ1n) is 10.1. The fourth-order valence-electron chi connectivity index (χ4n) is 3.16. The molecule has 6 heteroatoms. The Morgan fingerprint density at radius 1 is 0.806 bits per heavy atom. The number of ether oxygens (including phenoxy) is 1. The van der Waals surface area contributed by atoms with Crippen molar-refractivity contribution in [2.75, 3.05) is 17.2 Å².